The van der Waals surface area contributed by atoms with Gasteiger partial charge in [0.15, 0.2) is 0 Å². The Bertz CT molecular complexity index is 878. The maximum Gasteiger partial charge on any atom is 0.0622 e. The summed E-state index contributed by atoms with van der Waals surface area (Å²) in [5, 5.41) is 2.09. The number of nitrogens with one attached hydrogen (secondary N) is 1. The molecule has 0 saturated carbocycles. The topological polar surface area (TPSA) is 25.0 Å². The van der Waals surface area contributed by atoms with Crippen molar-refractivity contribution in [3.05, 3.63) is 69.9 Å². The van der Waals surface area contributed by atoms with E-state index in [1.807, 2.05) is 30.2 Å². The molecule has 3 aromatic rings. The molecule has 0 fully saturated rings. The predicted octanol–water partition coefficient (Wildman–Crippen LogP) is 6.81. The van der Waals surface area contributed by atoms with Crippen LogP contribution in [-0.2, 0) is 9.94 Å². The largest absolute Gasteiger partial charge is 0.361 e. The van der Waals surface area contributed by atoms with Crippen molar-refractivity contribution in [2.45, 2.75) is 25.0 Å². The quantitative estimate of drug-likeness (QED) is 0.329. The van der Waals surface area contributed by atoms with E-state index in [1.54, 1.807) is 0 Å². The average Bonchev–Trinajstić information content (AvgIpc) is 3.05. The zero-order valence-corrected chi connectivity index (χ0v) is 17.7. The lowest BCUT2D eigenvalue weighted by Gasteiger charge is -2.19. The number of para-hydroxylation sites is 1. The molecular weight excluding hydrogens is 382 g/mol. The molecule has 138 valence electrons. The first-order valence-corrected chi connectivity index (χ1v) is 11.6. The van der Waals surface area contributed by atoms with Crippen molar-refractivity contribution in [2.75, 3.05) is 19.1 Å². The first-order valence-electron chi connectivity index (χ1n) is 8.65. The Kier molecular flexibility index (Phi) is 6.98. The van der Waals surface area contributed by atoms with Crippen LogP contribution in [0.15, 0.2) is 42.6 Å². The summed E-state index contributed by atoms with van der Waals surface area (Å²) >= 11 is 9.46. The van der Waals surface area contributed by atoms with Crippen LogP contribution in [0.4, 0.5) is 0 Å². The maximum atomic E-state index is 6.19. The minimum absolute atomic E-state index is 0.276. The molecule has 1 unspecified atom stereocenters. The Morgan fingerprint density at radius 3 is 2.73 bits per heavy atom. The highest BCUT2D eigenvalue weighted by atomic mass is 35.5. The third-order valence-electron chi connectivity index (χ3n) is 4.72. The van der Waals surface area contributed by atoms with Crippen molar-refractivity contribution in [3.8, 4) is 0 Å². The van der Waals surface area contributed by atoms with E-state index in [4.69, 9.17) is 15.8 Å². The molecule has 0 amide bonds. The molecule has 26 heavy (non-hydrogen) atoms. The van der Waals surface area contributed by atoms with E-state index in [0.29, 0.717) is 6.61 Å². The van der Waals surface area contributed by atoms with E-state index < -0.39 is 0 Å². The van der Waals surface area contributed by atoms with Gasteiger partial charge in [0.1, 0.15) is 0 Å². The number of fused-ring (bicyclic) bond motifs is 1. The molecule has 0 aliphatic carbocycles. The Labute approximate surface area is 169 Å². The number of thioether (sulfide) groups is 1. The van der Waals surface area contributed by atoms with Gasteiger partial charge >= 0.3 is 0 Å². The van der Waals surface area contributed by atoms with Crippen LogP contribution >= 0.6 is 35.4 Å². The summed E-state index contributed by atoms with van der Waals surface area (Å²) in [6, 6.07) is 12.8. The standard InChI is InChI=1S/C21H24ClNOS2/c1-14-11-16(22)7-8-17(14)18(9-10-24-26-3)20-12-23-21-15(13-25-2)5-4-6-19(20)21/h4-8,11-12,18,23H,9-10,13H2,1-3H3. The molecule has 0 bridgehead atoms. The van der Waals surface area contributed by atoms with E-state index in [2.05, 4.69) is 48.6 Å². The number of H-pyrrole nitrogens is 1. The van der Waals surface area contributed by atoms with Crippen LogP contribution in [-0.4, -0.2) is 24.1 Å². The van der Waals surface area contributed by atoms with Crippen molar-refractivity contribution < 1.29 is 4.18 Å². The fourth-order valence-electron chi connectivity index (χ4n) is 3.56. The Morgan fingerprint density at radius 1 is 1.15 bits per heavy atom. The SMILES string of the molecule is CSCc1cccc2c(C(CCOSC)c3ccc(Cl)cc3C)c[nH]c12. The number of aryl methyl sites for hydroxylation is 1. The van der Waals surface area contributed by atoms with Crippen molar-refractivity contribution in [3.63, 3.8) is 0 Å². The second kappa shape index (κ2) is 9.23. The maximum absolute atomic E-state index is 6.19. The van der Waals surface area contributed by atoms with Crippen molar-refractivity contribution in [2.24, 2.45) is 0 Å². The Morgan fingerprint density at radius 2 is 2.00 bits per heavy atom. The van der Waals surface area contributed by atoms with Crippen molar-refractivity contribution >= 4 is 46.3 Å². The minimum atomic E-state index is 0.276. The van der Waals surface area contributed by atoms with Gasteiger partial charge in [-0.3, -0.25) is 0 Å². The number of rotatable bonds is 8. The number of benzene rings is 2. The molecule has 1 heterocycles. The number of hydrogen-bond acceptors (Lipinski definition) is 3. The molecule has 1 aromatic heterocycles. The van der Waals surface area contributed by atoms with Gasteiger partial charge in [-0.15, -0.1) is 0 Å². The smallest absolute Gasteiger partial charge is 0.0622 e. The first-order chi connectivity index (χ1) is 12.7. The molecule has 0 aliphatic rings. The van der Waals surface area contributed by atoms with Crippen molar-refractivity contribution in [1.82, 2.24) is 4.98 Å². The fourth-order valence-corrected chi connectivity index (χ4v) is 4.60. The molecule has 1 atom stereocenters. The second-order valence-electron chi connectivity index (χ2n) is 6.35. The number of aromatic nitrogens is 1. The van der Waals surface area contributed by atoms with Crippen molar-refractivity contribution in [1.29, 1.82) is 0 Å². The minimum Gasteiger partial charge on any atom is -0.361 e. The Hall–Kier alpha value is -1.07. The number of hydrogen-bond donors (Lipinski definition) is 1. The molecule has 0 spiro atoms. The zero-order chi connectivity index (χ0) is 18.5. The number of halogens is 1. The lowest BCUT2D eigenvalue weighted by Crippen LogP contribution is -2.06. The lowest BCUT2D eigenvalue weighted by atomic mass is 9.86. The van der Waals surface area contributed by atoms with Gasteiger partial charge in [0.2, 0.25) is 0 Å². The van der Waals surface area contributed by atoms with E-state index in [9.17, 15) is 0 Å². The molecule has 2 aromatic carbocycles. The second-order valence-corrected chi connectivity index (χ2v) is 8.22. The van der Waals surface area contributed by atoms with Gasteiger partial charge < -0.3 is 9.17 Å². The highest BCUT2D eigenvalue weighted by Gasteiger charge is 2.20. The zero-order valence-electron chi connectivity index (χ0n) is 15.3. The van der Waals surface area contributed by atoms with Gasteiger partial charge in [-0.1, -0.05) is 35.9 Å². The summed E-state index contributed by atoms with van der Waals surface area (Å²) < 4.78 is 5.60. The van der Waals surface area contributed by atoms with Crippen LogP contribution in [0.2, 0.25) is 5.02 Å². The van der Waals surface area contributed by atoms with Crippen LogP contribution in [0.25, 0.3) is 10.9 Å². The molecule has 0 saturated heterocycles. The van der Waals surface area contributed by atoms with E-state index >= 15 is 0 Å². The highest BCUT2D eigenvalue weighted by molar-refractivity contribution is 7.97. The molecule has 0 aliphatic heterocycles. The van der Waals surface area contributed by atoms with Gasteiger partial charge in [0.25, 0.3) is 0 Å². The lowest BCUT2D eigenvalue weighted by molar-refractivity contribution is 0.357. The number of aromatic amines is 1. The van der Waals surface area contributed by atoms with E-state index in [0.717, 1.165) is 17.2 Å². The van der Waals surface area contributed by atoms with Crippen LogP contribution in [0, 0.1) is 6.92 Å². The molecule has 5 heteroatoms. The molecule has 0 radical (unpaired) electrons. The summed E-state index contributed by atoms with van der Waals surface area (Å²) in [7, 11) is 0. The summed E-state index contributed by atoms with van der Waals surface area (Å²) in [6.45, 7) is 2.85. The van der Waals surface area contributed by atoms with E-state index in [1.165, 1.54) is 45.2 Å². The third kappa shape index (κ3) is 4.25. The van der Waals surface area contributed by atoms with Gasteiger partial charge in [0, 0.05) is 40.0 Å². The summed E-state index contributed by atoms with van der Waals surface area (Å²) in [4.78, 5) is 3.53. The molecular formula is C21H24ClNOS2. The molecule has 1 N–H and O–H groups in total. The fraction of sp³-hybridized carbons (Fsp3) is 0.333. The van der Waals surface area contributed by atoms with Crippen LogP contribution in [0.3, 0.4) is 0 Å². The highest BCUT2D eigenvalue weighted by Crippen LogP contribution is 2.37. The van der Waals surface area contributed by atoms with Crippen LogP contribution in [0.5, 0.6) is 0 Å². The van der Waals surface area contributed by atoms with Gasteiger partial charge in [0.05, 0.1) is 6.61 Å². The van der Waals surface area contributed by atoms with Gasteiger partial charge in [-0.25, -0.2) is 0 Å². The average molecular weight is 406 g/mol. The normalized spacial score (nSPS) is 12.6. The monoisotopic (exact) mass is 405 g/mol. The van der Waals surface area contributed by atoms with Gasteiger partial charge in [-0.05, 0) is 66.0 Å². The summed E-state index contributed by atoms with van der Waals surface area (Å²) in [5.41, 5.74) is 6.47. The van der Waals surface area contributed by atoms with Gasteiger partial charge in [-0.2, -0.15) is 11.8 Å². The van der Waals surface area contributed by atoms with Crippen LogP contribution < -0.4 is 0 Å². The molecule has 2 nitrogen and oxygen atoms in total. The first kappa shape index (κ1) is 19.7. The van der Waals surface area contributed by atoms with E-state index in [-0.39, 0.29) is 5.92 Å². The molecule has 3 rings (SSSR count). The Balaban J connectivity index is 2.07. The third-order valence-corrected chi connectivity index (χ3v) is 5.96. The summed E-state index contributed by atoms with van der Waals surface area (Å²) in [5.74, 6) is 1.29. The van der Waals surface area contributed by atoms with Crippen LogP contribution in [0.1, 0.15) is 34.6 Å². The summed E-state index contributed by atoms with van der Waals surface area (Å²) in [6.07, 6.45) is 7.21. The predicted molar refractivity (Wildman–Crippen MR) is 118 cm³/mol.